The van der Waals surface area contributed by atoms with Crippen LogP contribution in [0.5, 0.6) is 0 Å². The Bertz CT molecular complexity index is 592. The molecule has 0 amide bonds. The standard InChI is InChI=1S/C11H14N4OS.ClH/c1-15(7-4-12-5-7)6-9-13-8-2-3-17-10(8)11(16)14-9;/h2-3,7,12H,4-6H2,1H3,(H,13,14,16);1H. The summed E-state index contributed by atoms with van der Waals surface area (Å²) in [5, 5.41) is 5.13. The van der Waals surface area contributed by atoms with Crippen molar-refractivity contribution >= 4 is 34.0 Å². The summed E-state index contributed by atoms with van der Waals surface area (Å²) in [6.45, 7) is 2.72. The summed E-state index contributed by atoms with van der Waals surface area (Å²) < 4.78 is 0.710. The third kappa shape index (κ3) is 2.42. The van der Waals surface area contributed by atoms with Crippen LogP contribution in [0.3, 0.4) is 0 Å². The summed E-state index contributed by atoms with van der Waals surface area (Å²) in [5.41, 5.74) is 0.772. The number of aromatic amines is 1. The zero-order chi connectivity index (χ0) is 11.8. The van der Waals surface area contributed by atoms with Gasteiger partial charge in [-0.1, -0.05) is 0 Å². The van der Waals surface area contributed by atoms with Crippen LogP contribution in [0.4, 0.5) is 0 Å². The molecule has 1 aliphatic heterocycles. The van der Waals surface area contributed by atoms with Gasteiger partial charge in [-0.25, -0.2) is 4.98 Å². The highest BCUT2D eigenvalue weighted by Crippen LogP contribution is 2.14. The van der Waals surface area contributed by atoms with Crippen molar-refractivity contribution in [2.24, 2.45) is 0 Å². The number of halogens is 1. The summed E-state index contributed by atoms with van der Waals surface area (Å²) in [7, 11) is 2.06. The number of rotatable bonds is 3. The molecule has 18 heavy (non-hydrogen) atoms. The summed E-state index contributed by atoms with van der Waals surface area (Å²) >= 11 is 1.43. The van der Waals surface area contributed by atoms with Gasteiger partial charge in [0.15, 0.2) is 0 Å². The van der Waals surface area contributed by atoms with Gasteiger partial charge in [-0.3, -0.25) is 9.69 Å². The number of hydrogen-bond donors (Lipinski definition) is 2. The minimum Gasteiger partial charge on any atom is -0.314 e. The molecule has 1 aliphatic rings. The van der Waals surface area contributed by atoms with Gasteiger partial charge in [0.05, 0.1) is 12.1 Å². The Balaban J connectivity index is 0.00000120. The second-order valence-electron chi connectivity index (χ2n) is 4.37. The van der Waals surface area contributed by atoms with Gasteiger partial charge in [0.2, 0.25) is 0 Å². The van der Waals surface area contributed by atoms with E-state index in [1.807, 2.05) is 11.4 Å². The minimum absolute atomic E-state index is 0. The second-order valence-corrected chi connectivity index (χ2v) is 5.29. The SMILES string of the molecule is CN(Cc1nc2ccsc2c(=O)[nH]1)C1CNC1.Cl. The van der Waals surface area contributed by atoms with Gasteiger partial charge in [-0.05, 0) is 18.5 Å². The fourth-order valence-corrected chi connectivity index (χ4v) is 2.67. The highest BCUT2D eigenvalue weighted by molar-refractivity contribution is 7.17. The number of hydrogen-bond acceptors (Lipinski definition) is 5. The molecular weight excluding hydrogens is 272 g/mol. The fraction of sp³-hybridized carbons (Fsp3) is 0.455. The monoisotopic (exact) mass is 286 g/mol. The van der Waals surface area contributed by atoms with E-state index in [4.69, 9.17) is 0 Å². The lowest BCUT2D eigenvalue weighted by atomic mass is 10.1. The van der Waals surface area contributed by atoms with E-state index in [0.29, 0.717) is 17.3 Å². The van der Waals surface area contributed by atoms with Gasteiger partial charge < -0.3 is 10.3 Å². The molecule has 2 aromatic heterocycles. The Morgan fingerprint density at radius 2 is 2.33 bits per heavy atom. The topological polar surface area (TPSA) is 61.0 Å². The maximum Gasteiger partial charge on any atom is 0.268 e. The van der Waals surface area contributed by atoms with Crippen LogP contribution >= 0.6 is 23.7 Å². The van der Waals surface area contributed by atoms with E-state index in [0.717, 1.165) is 24.4 Å². The molecule has 1 saturated heterocycles. The van der Waals surface area contributed by atoms with Crippen LogP contribution in [0, 0.1) is 0 Å². The molecule has 2 N–H and O–H groups in total. The summed E-state index contributed by atoms with van der Waals surface area (Å²) in [6, 6.07) is 2.45. The average Bonchev–Trinajstić information content (AvgIpc) is 2.62. The molecule has 7 heteroatoms. The Morgan fingerprint density at radius 3 is 3.00 bits per heavy atom. The van der Waals surface area contributed by atoms with Crippen molar-refractivity contribution in [2.45, 2.75) is 12.6 Å². The number of likely N-dealkylation sites (N-methyl/N-ethyl adjacent to an activating group) is 1. The molecular formula is C11H15ClN4OS. The molecule has 0 atom stereocenters. The largest absolute Gasteiger partial charge is 0.314 e. The lowest BCUT2D eigenvalue weighted by Crippen LogP contribution is -2.55. The molecule has 0 radical (unpaired) electrons. The van der Waals surface area contributed by atoms with Crippen molar-refractivity contribution in [3.05, 3.63) is 27.6 Å². The van der Waals surface area contributed by atoms with Gasteiger partial charge in [-0.2, -0.15) is 0 Å². The fourth-order valence-electron chi connectivity index (χ4n) is 1.95. The van der Waals surface area contributed by atoms with E-state index in [-0.39, 0.29) is 18.0 Å². The molecule has 2 aromatic rings. The molecule has 3 heterocycles. The predicted octanol–water partition coefficient (Wildman–Crippen LogP) is 0.810. The zero-order valence-electron chi connectivity index (χ0n) is 9.97. The summed E-state index contributed by atoms with van der Waals surface area (Å²) in [6.07, 6.45) is 0. The van der Waals surface area contributed by atoms with E-state index in [2.05, 4.69) is 27.2 Å². The maximum atomic E-state index is 11.8. The van der Waals surface area contributed by atoms with Gasteiger partial charge in [0, 0.05) is 19.1 Å². The van der Waals surface area contributed by atoms with Crippen LogP contribution in [0.2, 0.25) is 0 Å². The number of thiophene rings is 1. The lowest BCUT2D eigenvalue weighted by Gasteiger charge is -2.35. The Morgan fingerprint density at radius 1 is 1.56 bits per heavy atom. The van der Waals surface area contributed by atoms with Crippen molar-refractivity contribution in [2.75, 3.05) is 20.1 Å². The maximum absolute atomic E-state index is 11.8. The highest BCUT2D eigenvalue weighted by Gasteiger charge is 2.22. The molecule has 0 spiro atoms. The molecule has 3 rings (SSSR count). The van der Waals surface area contributed by atoms with Crippen LogP contribution in [0.15, 0.2) is 16.2 Å². The van der Waals surface area contributed by atoms with Crippen LogP contribution in [0.25, 0.3) is 10.2 Å². The second kappa shape index (κ2) is 5.36. The van der Waals surface area contributed by atoms with Crippen LogP contribution in [-0.4, -0.2) is 41.0 Å². The van der Waals surface area contributed by atoms with Crippen molar-refractivity contribution in [1.82, 2.24) is 20.2 Å². The third-order valence-corrected chi connectivity index (χ3v) is 4.05. The van der Waals surface area contributed by atoms with E-state index in [1.54, 1.807) is 0 Å². The Kier molecular flexibility index (Phi) is 4.01. The van der Waals surface area contributed by atoms with Crippen molar-refractivity contribution in [3.8, 4) is 0 Å². The Hall–Kier alpha value is -0.950. The number of nitrogens with one attached hydrogen (secondary N) is 2. The highest BCUT2D eigenvalue weighted by atomic mass is 35.5. The van der Waals surface area contributed by atoms with Crippen LogP contribution < -0.4 is 10.9 Å². The normalized spacial score (nSPS) is 15.7. The van der Waals surface area contributed by atoms with Gasteiger partial charge >= 0.3 is 0 Å². The van der Waals surface area contributed by atoms with E-state index in [1.165, 1.54) is 11.3 Å². The zero-order valence-corrected chi connectivity index (χ0v) is 11.6. The van der Waals surface area contributed by atoms with Crippen molar-refractivity contribution in [3.63, 3.8) is 0 Å². The predicted molar refractivity (Wildman–Crippen MR) is 75.6 cm³/mol. The third-order valence-electron chi connectivity index (χ3n) is 3.15. The minimum atomic E-state index is -0.0277. The smallest absolute Gasteiger partial charge is 0.268 e. The van der Waals surface area contributed by atoms with Gasteiger partial charge in [0.1, 0.15) is 10.5 Å². The van der Waals surface area contributed by atoms with Crippen molar-refractivity contribution < 1.29 is 0 Å². The molecule has 1 fully saturated rings. The lowest BCUT2D eigenvalue weighted by molar-refractivity contribution is 0.169. The first-order valence-corrected chi connectivity index (χ1v) is 6.49. The first-order chi connectivity index (χ1) is 8.24. The first-order valence-electron chi connectivity index (χ1n) is 5.61. The number of H-pyrrole nitrogens is 1. The number of fused-ring (bicyclic) bond motifs is 1. The molecule has 0 bridgehead atoms. The Labute approximate surface area is 115 Å². The average molecular weight is 287 g/mol. The molecule has 98 valence electrons. The van der Waals surface area contributed by atoms with Crippen LogP contribution in [-0.2, 0) is 6.54 Å². The van der Waals surface area contributed by atoms with Gasteiger partial charge in [0.25, 0.3) is 5.56 Å². The molecule has 0 unspecified atom stereocenters. The number of aromatic nitrogens is 2. The molecule has 0 aliphatic carbocycles. The van der Waals surface area contributed by atoms with Crippen LogP contribution in [0.1, 0.15) is 5.82 Å². The summed E-state index contributed by atoms with van der Waals surface area (Å²) in [4.78, 5) is 21.3. The molecule has 0 aromatic carbocycles. The van der Waals surface area contributed by atoms with E-state index in [9.17, 15) is 4.79 Å². The molecule has 0 saturated carbocycles. The van der Waals surface area contributed by atoms with Crippen molar-refractivity contribution in [1.29, 1.82) is 0 Å². The first kappa shape index (κ1) is 13.5. The van der Waals surface area contributed by atoms with E-state index < -0.39 is 0 Å². The van der Waals surface area contributed by atoms with Gasteiger partial charge in [-0.15, -0.1) is 23.7 Å². The molecule has 5 nitrogen and oxygen atoms in total. The van der Waals surface area contributed by atoms with E-state index >= 15 is 0 Å². The quantitative estimate of drug-likeness (QED) is 0.877. The summed E-state index contributed by atoms with van der Waals surface area (Å²) in [5.74, 6) is 0.746. The number of nitrogens with zero attached hydrogens (tertiary/aromatic N) is 2.